The zero-order valence-corrected chi connectivity index (χ0v) is 13.1. The van der Waals surface area contributed by atoms with Crippen LogP contribution in [0.15, 0.2) is 42.5 Å². The van der Waals surface area contributed by atoms with E-state index < -0.39 is 11.8 Å². The van der Waals surface area contributed by atoms with Crippen LogP contribution in [0.1, 0.15) is 10.4 Å². The minimum Gasteiger partial charge on any atom is -0.483 e. The number of thiazole rings is 1. The Morgan fingerprint density at radius 1 is 1.25 bits per heavy atom. The molecule has 0 bridgehead atoms. The number of nitrogens with one attached hydrogen (secondary N) is 1. The van der Waals surface area contributed by atoms with Gasteiger partial charge in [0.2, 0.25) is 0 Å². The number of para-hydroxylation sites is 1. The Kier molecular flexibility index (Phi) is 4.39. The standard InChI is InChI=1S/C16H12FN3O3S/c17-9-5-6-11-13(7-9)24-16(19-11)20-14(21)8-23-12-4-2-1-3-10(12)15(18)22/h1-7H,8H2,(H2,18,22)(H,19,20,21). The number of carbonyl (C=O) groups is 2. The number of fused-ring (bicyclic) bond motifs is 1. The van der Waals surface area contributed by atoms with Gasteiger partial charge < -0.3 is 10.5 Å². The molecule has 3 aromatic rings. The van der Waals surface area contributed by atoms with Gasteiger partial charge in [-0.15, -0.1) is 0 Å². The van der Waals surface area contributed by atoms with Gasteiger partial charge in [0.05, 0.1) is 15.8 Å². The molecule has 0 saturated heterocycles. The maximum Gasteiger partial charge on any atom is 0.264 e. The number of hydrogen-bond donors (Lipinski definition) is 2. The van der Waals surface area contributed by atoms with Crippen LogP contribution in [-0.4, -0.2) is 23.4 Å². The third-order valence-corrected chi connectivity index (χ3v) is 4.04. The molecule has 0 saturated carbocycles. The van der Waals surface area contributed by atoms with E-state index in [1.807, 2.05) is 0 Å². The maximum absolute atomic E-state index is 13.2. The van der Waals surface area contributed by atoms with Crippen LogP contribution >= 0.6 is 11.3 Å². The first kappa shape index (κ1) is 15.9. The van der Waals surface area contributed by atoms with Crippen molar-refractivity contribution in [1.29, 1.82) is 0 Å². The van der Waals surface area contributed by atoms with Crippen molar-refractivity contribution < 1.29 is 18.7 Å². The van der Waals surface area contributed by atoms with Crippen LogP contribution in [-0.2, 0) is 4.79 Å². The van der Waals surface area contributed by atoms with E-state index in [4.69, 9.17) is 10.5 Å². The van der Waals surface area contributed by atoms with E-state index in [0.29, 0.717) is 15.3 Å². The normalized spacial score (nSPS) is 10.5. The molecule has 0 atom stereocenters. The van der Waals surface area contributed by atoms with Crippen molar-refractivity contribution in [3.8, 4) is 5.75 Å². The van der Waals surface area contributed by atoms with Gasteiger partial charge in [0, 0.05) is 0 Å². The van der Waals surface area contributed by atoms with Gasteiger partial charge in [0.25, 0.3) is 11.8 Å². The molecule has 24 heavy (non-hydrogen) atoms. The quantitative estimate of drug-likeness (QED) is 0.743. The fourth-order valence-corrected chi connectivity index (χ4v) is 2.95. The second kappa shape index (κ2) is 6.63. The zero-order chi connectivity index (χ0) is 17.1. The number of carbonyl (C=O) groups excluding carboxylic acids is 2. The smallest absolute Gasteiger partial charge is 0.264 e. The van der Waals surface area contributed by atoms with Gasteiger partial charge in [-0.25, -0.2) is 9.37 Å². The molecular weight excluding hydrogens is 333 g/mol. The van der Waals surface area contributed by atoms with Gasteiger partial charge in [0.1, 0.15) is 11.6 Å². The minimum absolute atomic E-state index is 0.195. The Hall–Kier alpha value is -3.00. The summed E-state index contributed by atoms with van der Waals surface area (Å²) in [5, 5.41) is 2.91. The Bertz CT molecular complexity index is 926. The number of hydrogen-bond acceptors (Lipinski definition) is 5. The summed E-state index contributed by atoms with van der Waals surface area (Å²) in [5.74, 6) is -1.23. The third-order valence-electron chi connectivity index (χ3n) is 3.11. The van der Waals surface area contributed by atoms with Crippen LogP contribution in [0, 0.1) is 5.82 Å². The highest BCUT2D eigenvalue weighted by Gasteiger charge is 2.12. The number of ether oxygens (including phenoxy) is 1. The van der Waals surface area contributed by atoms with Crippen molar-refractivity contribution in [1.82, 2.24) is 4.98 Å². The summed E-state index contributed by atoms with van der Waals surface area (Å²) in [6.07, 6.45) is 0. The molecule has 2 amide bonds. The molecule has 3 N–H and O–H groups in total. The van der Waals surface area contributed by atoms with Gasteiger partial charge in [-0.1, -0.05) is 23.5 Å². The average molecular weight is 345 g/mol. The van der Waals surface area contributed by atoms with E-state index in [1.165, 1.54) is 24.3 Å². The molecule has 1 heterocycles. The van der Waals surface area contributed by atoms with E-state index in [1.54, 1.807) is 18.2 Å². The van der Waals surface area contributed by atoms with Crippen LogP contribution in [0.25, 0.3) is 10.2 Å². The molecule has 3 rings (SSSR count). The summed E-state index contributed by atoms with van der Waals surface area (Å²) in [6, 6.07) is 10.6. The minimum atomic E-state index is -0.640. The molecule has 0 unspecified atom stereocenters. The first-order valence-corrected chi connectivity index (χ1v) is 7.72. The fraction of sp³-hybridized carbons (Fsp3) is 0.0625. The Morgan fingerprint density at radius 2 is 2.04 bits per heavy atom. The lowest BCUT2D eigenvalue weighted by Gasteiger charge is -2.08. The van der Waals surface area contributed by atoms with Gasteiger partial charge in [-0.05, 0) is 30.3 Å². The summed E-state index contributed by atoms with van der Waals surface area (Å²) in [4.78, 5) is 27.4. The molecule has 0 spiro atoms. The van der Waals surface area contributed by atoms with Gasteiger partial charge in [-0.3, -0.25) is 14.9 Å². The van der Waals surface area contributed by atoms with Gasteiger partial charge in [-0.2, -0.15) is 0 Å². The number of halogens is 1. The first-order valence-electron chi connectivity index (χ1n) is 6.90. The lowest BCUT2D eigenvalue weighted by Crippen LogP contribution is -2.21. The van der Waals surface area contributed by atoms with Crippen molar-refractivity contribution in [2.45, 2.75) is 0 Å². The molecule has 2 aromatic carbocycles. The molecule has 8 heteroatoms. The number of nitrogens with zero attached hydrogens (tertiary/aromatic N) is 1. The zero-order valence-electron chi connectivity index (χ0n) is 12.3. The number of nitrogens with two attached hydrogens (primary N) is 1. The van der Waals surface area contributed by atoms with Crippen molar-refractivity contribution in [2.24, 2.45) is 5.73 Å². The maximum atomic E-state index is 13.2. The monoisotopic (exact) mass is 345 g/mol. The van der Waals surface area contributed by atoms with Crippen LogP contribution < -0.4 is 15.8 Å². The Balaban J connectivity index is 1.66. The Morgan fingerprint density at radius 3 is 2.83 bits per heavy atom. The summed E-state index contributed by atoms with van der Waals surface area (Å²) in [7, 11) is 0. The number of amides is 2. The molecule has 0 aliphatic heterocycles. The highest BCUT2D eigenvalue weighted by molar-refractivity contribution is 7.22. The predicted octanol–water partition coefficient (Wildman–Crippen LogP) is 2.55. The van der Waals surface area contributed by atoms with Crippen LogP contribution in [0.2, 0.25) is 0 Å². The number of aromatic nitrogens is 1. The van der Waals surface area contributed by atoms with E-state index in [0.717, 1.165) is 11.3 Å². The number of primary amides is 1. The van der Waals surface area contributed by atoms with E-state index in [-0.39, 0.29) is 23.7 Å². The first-order chi connectivity index (χ1) is 11.5. The second-order valence-corrected chi connectivity index (χ2v) is 5.86. The lowest BCUT2D eigenvalue weighted by molar-refractivity contribution is -0.118. The summed E-state index contributed by atoms with van der Waals surface area (Å²) >= 11 is 1.16. The fourth-order valence-electron chi connectivity index (χ4n) is 2.05. The highest BCUT2D eigenvalue weighted by atomic mass is 32.1. The van der Waals surface area contributed by atoms with Gasteiger partial charge >= 0.3 is 0 Å². The SMILES string of the molecule is NC(=O)c1ccccc1OCC(=O)Nc1nc2ccc(F)cc2s1. The van der Waals surface area contributed by atoms with Crippen LogP contribution in [0.3, 0.4) is 0 Å². The molecule has 0 aliphatic rings. The van der Waals surface area contributed by atoms with E-state index >= 15 is 0 Å². The topological polar surface area (TPSA) is 94.3 Å². The third kappa shape index (κ3) is 3.49. The molecule has 0 fully saturated rings. The number of anilines is 1. The van der Waals surface area contributed by atoms with Crippen LogP contribution in [0.5, 0.6) is 5.75 Å². The number of rotatable bonds is 5. The van der Waals surface area contributed by atoms with Crippen molar-refractivity contribution in [2.75, 3.05) is 11.9 Å². The highest BCUT2D eigenvalue weighted by Crippen LogP contribution is 2.26. The molecule has 6 nitrogen and oxygen atoms in total. The van der Waals surface area contributed by atoms with Crippen molar-refractivity contribution in [3.63, 3.8) is 0 Å². The van der Waals surface area contributed by atoms with Crippen LogP contribution in [0.4, 0.5) is 9.52 Å². The average Bonchev–Trinajstić information content (AvgIpc) is 2.94. The Labute approximate surface area is 140 Å². The molecule has 0 radical (unpaired) electrons. The predicted molar refractivity (Wildman–Crippen MR) is 88.7 cm³/mol. The van der Waals surface area contributed by atoms with E-state index in [2.05, 4.69) is 10.3 Å². The summed E-state index contributed by atoms with van der Waals surface area (Å²) < 4.78 is 19.1. The molecule has 122 valence electrons. The summed E-state index contributed by atoms with van der Waals surface area (Å²) in [6.45, 7) is -0.311. The van der Waals surface area contributed by atoms with Crippen molar-refractivity contribution in [3.05, 3.63) is 53.8 Å². The molecule has 1 aromatic heterocycles. The lowest BCUT2D eigenvalue weighted by atomic mass is 10.2. The second-order valence-electron chi connectivity index (χ2n) is 4.83. The van der Waals surface area contributed by atoms with Gasteiger partial charge in [0.15, 0.2) is 11.7 Å². The van der Waals surface area contributed by atoms with E-state index in [9.17, 15) is 14.0 Å². The largest absolute Gasteiger partial charge is 0.483 e. The van der Waals surface area contributed by atoms with Crippen molar-refractivity contribution >= 4 is 38.5 Å². The number of benzene rings is 2. The summed E-state index contributed by atoms with van der Waals surface area (Å²) in [5.41, 5.74) is 6.03. The molecular formula is C16H12FN3O3S. The molecule has 0 aliphatic carbocycles.